The van der Waals surface area contributed by atoms with Crippen LogP contribution in [0.25, 0.3) is 0 Å². The van der Waals surface area contributed by atoms with Crippen LogP contribution < -0.4 is 5.32 Å². The fourth-order valence-corrected chi connectivity index (χ4v) is 2.18. The summed E-state index contributed by atoms with van der Waals surface area (Å²) < 4.78 is 2.10. The number of hydrogen-bond acceptors (Lipinski definition) is 3. The first-order valence-corrected chi connectivity index (χ1v) is 5.49. The van der Waals surface area contributed by atoms with E-state index in [4.69, 9.17) is 0 Å². The van der Waals surface area contributed by atoms with E-state index >= 15 is 0 Å². The van der Waals surface area contributed by atoms with Gasteiger partial charge in [-0.15, -0.1) is 0 Å². The molecule has 0 radical (unpaired) electrons. The molecule has 0 aliphatic heterocycles. The lowest BCUT2D eigenvalue weighted by Gasteiger charge is -2.32. The van der Waals surface area contributed by atoms with Crippen LogP contribution in [-0.4, -0.2) is 33.9 Å². The minimum Gasteiger partial charge on any atom is -0.394 e. The van der Waals surface area contributed by atoms with E-state index in [2.05, 4.69) is 14.9 Å². The van der Waals surface area contributed by atoms with E-state index in [0.717, 1.165) is 12.4 Å². The molecular formula is C11H19N3O. The molecular weight excluding hydrogens is 190 g/mol. The van der Waals surface area contributed by atoms with Crippen LogP contribution in [0.5, 0.6) is 0 Å². The van der Waals surface area contributed by atoms with E-state index in [-0.39, 0.29) is 12.1 Å². The second-order valence-corrected chi connectivity index (χ2v) is 4.44. The van der Waals surface area contributed by atoms with Crippen LogP contribution in [0.3, 0.4) is 0 Å². The normalized spacial score (nSPS) is 20.2. The molecule has 2 N–H and O–H groups in total. The molecule has 2 rings (SSSR count). The summed E-state index contributed by atoms with van der Waals surface area (Å²) in [6.45, 7) is 2.98. The Hall–Kier alpha value is -0.870. The van der Waals surface area contributed by atoms with Crippen molar-refractivity contribution in [2.24, 2.45) is 5.92 Å². The molecule has 0 amide bonds. The van der Waals surface area contributed by atoms with Crippen molar-refractivity contribution in [1.29, 1.82) is 0 Å². The van der Waals surface area contributed by atoms with Gasteiger partial charge in [-0.3, -0.25) is 0 Å². The molecule has 1 aliphatic carbocycles. The largest absolute Gasteiger partial charge is 0.394 e. The lowest BCUT2D eigenvalue weighted by atomic mass is 9.94. The summed E-state index contributed by atoms with van der Waals surface area (Å²) in [5, 5.41) is 12.9. The zero-order valence-corrected chi connectivity index (χ0v) is 9.40. The quantitative estimate of drug-likeness (QED) is 0.744. The molecule has 1 saturated carbocycles. The predicted octanol–water partition coefficient (Wildman–Crippen LogP) is 0.552. The van der Waals surface area contributed by atoms with E-state index in [1.54, 1.807) is 6.20 Å². The van der Waals surface area contributed by atoms with Crippen LogP contribution in [0, 0.1) is 12.8 Å². The van der Waals surface area contributed by atoms with Gasteiger partial charge in [0.2, 0.25) is 0 Å². The Morgan fingerprint density at radius 1 is 1.67 bits per heavy atom. The van der Waals surface area contributed by atoms with E-state index < -0.39 is 0 Å². The first-order valence-electron chi connectivity index (χ1n) is 5.49. The monoisotopic (exact) mass is 209 g/mol. The zero-order chi connectivity index (χ0) is 10.9. The summed E-state index contributed by atoms with van der Waals surface area (Å²) in [4.78, 5) is 4.20. The fourth-order valence-electron chi connectivity index (χ4n) is 2.18. The van der Waals surface area contributed by atoms with E-state index in [1.807, 2.05) is 20.2 Å². The van der Waals surface area contributed by atoms with Crippen molar-refractivity contribution in [3.05, 3.63) is 18.2 Å². The van der Waals surface area contributed by atoms with Gasteiger partial charge >= 0.3 is 0 Å². The molecule has 0 bridgehead atoms. The van der Waals surface area contributed by atoms with Crippen molar-refractivity contribution < 1.29 is 5.11 Å². The lowest BCUT2D eigenvalue weighted by molar-refractivity contribution is 0.129. The highest BCUT2D eigenvalue weighted by Gasteiger charge is 2.44. The summed E-state index contributed by atoms with van der Waals surface area (Å²) >= 11 is 0. The Labute approximate surface area is 90.3 Å². The molecule has 4 heteroatoms. The Bertz CT molecular complexity index is 326. The third-order valence-corrected chi connectivity index (χ3v) is 3.51. The van der Waals surface area contributed by atoms with Gasteiger partial charge in [0, 0.05) is 18.9 Å². The number of aliphatic hydroxyl groups excluding tert-OH is 1. The van der Waals surface area contributed by atoms with Gasteiger partial charge in [0.1, 0.15) is 5.82 Å². The van der Waals surface area contributed by atoms with Crippen molar-refractivity contribution in [3.63, 3.8) is 0 Å². The SMILES string of the molecule is CNC(CO)(Cn1ccnc1C)C1CC1. The van der Waals surface area contributed by atoms with E-state index in [9.17, 15) is 5.11 Å². The van der Waals surface area contributed by atoms with Crippen LogP contribution in [0.2, 0.25) is 0 Å². The number of imidazole rings is 1. The summed E-state index contributed by atoms with van der Waals surface area (Å²) in [5.41, 5.74) is -0.161. The van der Waals surface area contributed by atoms with Crippen LogP contribution in [0.1, 0.15) is 18.7 Å². The Kier molecular flexibility index (Phi) is 2.80. The topological polar surface area (TPSA) is 50.1 Å². The summed E-state index contributed by atoms with van der Waals surface area (Å²) in [5.74, 6) is 1.61. The molecule has 1 unspecified atom stereocenters. The van der Waals surface area contributed by atoms with E-state index in [1.165, 1.54) is 12.8 Å². The number of hydrogen-bond donors (Lipinski definition) is 2. The number of nitrogens with one attached hydrogen (secondary N) is 1. The zero-order valence-electron chi connectivity index (χ0n) is 9.40. The van der Waals surface area contributed by atoms with Crippen LogP contribution in [0.4, 0.5) is 0 Å². The summed E-state index contributed by atoms with van der Waals surface area (Å²) in [6.07, 6.45) is 6.21. The molecule has 84 valence electrons. The Morgan fingerprint density at radius 3 is 2.80 bits per heavy atom. The molecule has 0 aromatic carbocycles. The molecule has 1 aromatic rings. The highest BCUT2D eigenvalue weighted by atomic mass is 16.3. The third-order valence-electron chi connectivity index (χ3n) is 3.51. The van der Waals surface area contributed by atoms with E-state index in [0.29, 0.717) is 5.92 Å². The molecule has 0 spiro atoms. The predicted molar refractivity (Wildman–Crippen MR) is 58.6 cm³/mol. The fraction of sp³-hybridized carbons (Fsp3) is 0.727. The highest BCUT2D eigenvalue weighted by molar-refractivity contribution is 5.02. The number of aliphatic hydroxyl groups is 1. The molecule has 1 heterocycles. The van der Waals surface area contributed by atoms with Crippen molar-refractivity contribution in [1.82, 2.24) is 14.9 Å². The second-order valence-electron chi connectivity index (χ2n) is 4.44. The average molecular weight is 209 g/mol. The van der Waals surface area contributed by atoms with Crippen LogP contribution in [0.15, 0.2) is 12.4 Å². The van der Waals surface area contributed by atoms with Gasteiger partial charge in [-0.2, -0.15) is 0 Å². The molecule has 1 aromatic heterocycles. The van der Waals surface area contributed by atoms with Crippen LogP contribution >= 0.6 is 0 Å². The first kappa shape index (κ1) is 10.6. The number of rotatable bonds is 5. The maximum absolute atomic E-state index is 9.58. The van der Waals surface area contributed by atoms with Gasteiger partial charge in [0.15, 0.2) is 0 Å². The summed E-state index contributed by atoms with van der Waals surface area (Å²) in [6, 6.07) is 0. The molecule has 1 fully saturated rings. The second kappa shape index (κ2) is 3.94. The Morgan fingerprint density at radius 2 is 2.40 bits per heavy atom. The minimum atomic E-state index is -0.161. The summed E-state index contributed by atoms with van der Waals surface area (Å²) in [7, 11) is 1.93. The van der Waals surface area contributed by atoms with Gasteiger partial charge in [0.25, 0.3) is 0 Å². The van der Waals surface area contributed by atoms with Crippen LogP contribution in [-0.2, 0) is 6.54 Å². The first-order chi connectivity index (χ1) is 7.22. The smallest absolute Gasteiger partial charge is 0.105 e. The molecule has 0 saturated heterocycles. The highest BCUT2D eigenvalue weighted by Crippen LogP contribution is 2.40. The Balaban J connectivity index is 2.16. The van der Waals surface area contributed by atoms with Gasteiger partial charge in [-0.05, 0) is 32.7 Å². The number of aromatic nitrogens is 2. The molecule has 1 atom stereocenters. The molecule has 4 nitrogen and oxygen atoms in total. The van der Waals surface area contributed by atoms with Gasteiger partial charge in [-0.1, -0.05) is 0 Å². The van der Waals surface area contributed by atoms with Crippen molar-refractivity contribution in [2.45, 2.75) is 31.8 Å². The maximum Gasteiger partial charge on any atom is 0.105 e. The standard InChI is InChI=1S/C11H19N3O/c1-9-13-5-6-14(9)7-11(8-15,12-2)10-3-4-10/h5-6,10,12,15H,3-4,7-8H2,1-2H3. The minimum absolute atomic E-state index is 0.161. The number of nitrogens with zero attached hydrogens (tertiary/aromatic N) is 2. The lowest BCUT2D eigenvalue weighted by Crippen LogP contribution is -2.52. The van der Waals surface area contributed by atoms with Crippen molar-refractivity contribution >= 4 is 0 Å². The van der Waals surface area contributed by atoms with Gasteiger partial charge in [-0.25, -0.2) is 4.98 Å². The third kappa shape index (κ3) is 1.92. The van der Waals surface area contributed by atoms with Gasteiger partial charge in [0.05, 0.1) is 12.1 Å². The van der Waals surface area contributed by atoms with Gasteiger partial charge < -0.3 is 15.0 Å². The molecule has 1 aliphatic rings. The molecule has 15 heavy (non-hydrogen) atoms. The number of likely N-dealkylation sites (N-methyl/N-ethyl adjacent to an activating group) is 1. The maximum atomic E-state index is 9.58. The number of aryl methyl sites for hydroxylation is 1. The van der Waals surface area contributed by atoms with Crippen molar-refractivity contribution in [3.8, 4) is 0 Å². The average Bonchev–Trinajstić information content (AvgIpc) is 3.02. The van der Waals surface area contributed by atoms with Crippen molar-refractivity contribution in [2.75, 3.05) is 13.7 Å².